The molecule has 0 aliphatic carbocycles. The van der Waals surface area contributed by atoms with Crippen LogP contribution in [-0.4, -0.2) is 42.7 Å². The maximum absolute atomic E-state index is 12.0. The second-order valence-corrected chi connectivity index (χ2v) is 4.56. The van der Waals surface area contributed by atoms with Gasteiger partial charge in [-0.05, 0) is 6.07 Å². The molecule has 0 bridgehead atoms. The van der Waals surface area contributed by atoms with Crippen LogP contribution in [0.25, 0.3) is 0 Å². The summed E-state index contributed by atoms with van der Waals surface area (Å²) in [5.74, 6) is -1.17. The molecule has 1 aromatic rings. The van der Waals surface area contributed by atoms with Gasteiger partial charge < -0.3 is 15.4 Å². The SMILES string of the molecule is CC(=O)NCCNC(=O)c1cnc(OCC(F)(F)F)c(Cl)c1. The van der Waals surface area contributed by atoms with Crippen LogP contribution < -0.4 is 15.4 Å². The highest BCUT2D eigenvalue weighted by molar-refractivity contribution is 6.32. The Morgan fingerprint density at radius 2 is 1.95 bits per heavy atom. The summed E-state index contributed by atoms with van der Waals surface area (Å²) in [5.41, 5.74) is 0.0622. The summed E-state index contributed by atoms with van der Waals surface area (Å²) < 4.78 is 40.5. The largest absolute Gasteiger partial charge is 0.467 e. The van der Waals surface area contributed by atoms with E-state index in [-0.39, 0.29) is 29.6 Å². The molecule has 0 saturated heterocycles. The summed E-state index contributed by atoms with van der Waals surface area (Å²) >= 11 is 5.71. The molecule has 0 aliphatic heterocycles. The van der Waals surface area contributed by atoms with E-state index in [1.807, 2.05) is 0 Å². The number of halogens is 4. The first-order chi connectivity index (χ1) is 10.2. The van der Waals surface area contributed by atoms with Crippen molar-refractivity contribution in [2.75, 3.05) is 19.7 Å². The fourth-order valence-electron chi connectivity index (χ4n) is 1.32. The summed E-state index contributed by atoms with van der Waals surface area (Å²) in [4.78, 5) is 25.9. The van der Waals surface area contributed by atoms with E-state index in [2.05, 4.69) is 20.4 Å². The molecule has 22 heavy (non-hydrogen) atoms. The van der Waals surface area contributed by atoms with Gasteiger partial charge in [-0.25, -0.2) is 4.98 Å². The lowest BCUT2D eigenvalue weighted by molar-refractivity contribution is -0.154. The normalized spacial score (nSPS) is 11.0. The number of nitrogens with zero attached hydrogens (tertiary/aromatic N) is 1. The van der Waals surface area contributed by atoms with Gasteiger partial charge in [-0.1, -0.05) is 11.6 Å². The number of hydrogen-bond acceptors (Lipinski definition) is 4. The van der Waals surface area contributed by atoms with Crippen molar-refractivity contribution < 1.29 is 27.5 Å². The third-order valence-corrected chi connectivity index (χ3v) is 2.50. The Morgan fingerprint density at radius 1 is 1.32 bits per heavy atom. The summed E-state index contributed by atoms with van der Waals surface area (Å²) in [6, 6.07) is 1.15. The minimum atomic E-state index is -4.51. The summed E-state index contributed by atoms with van der Waals surface area (Å²) in [6.45, 7) is 0.241. The zero-order chi connectivity index (χ0) is 16.8. The molecule has 2 amide bonds. The fraction of sp³-hybridized carbons (Fsp3) is 0.417. The highest BCUT2D eigenvalue weighted by Crippen LogP contribution is 2.24. The minimum Gasteiger partial charge on any atom is -0.467 e. The highest BCUT2D eigenvalue weighted by atomic mass is 35.5. The number of carbonyl (C=O) groups excluding carboxylic acids is 2. The van der Waals surface area contributed by atoms with E-state index in [9.17, 15) is 22.8 Å². The van der Waals surface area contributed by atoms with E-state index < -0.39 is 24.6 Å². The van der Waals surface area contributed by atoms with Crippen LogP contribution in [0.2, 0.25) is 5.02 Å². The Hall–Kier alpha value is -2.03. The lowest BCUT2D eigenvalue weighted by Crippen LogP contribution is -2.33. The van der Waals surface area contributed by atoms with Crippen LogP contribution in [-0.2, 0) is 4.79 Å². The smallest absolute Gasteiger partial charge is 0.422 e. The molecule has 0 atom stereocenters. The molecule has 0 aliphatic rings. The van der Waals surface area contributed by atoms with Gasteiger partial charge in [0.1, 0.15) is 5.02 Å². The van der Waals surface area contributed by atoms with Gasteiger partial charge in [0, 0.05) is 26.2 Å². The Balaban J connectivity index is 2.56. The van der Waals surface area contributed by atoms with Gasteiger partial charge in [-0.3, -0.25) is 9.59 Å². The zero-order valence-electron chi connectivity index (χ0n) is 11.5. The maximum Gasteiger partial charge on any atom is 0.422 e. The molecular weight excluding hydrogens is 327 g/mol. The first kappa shape index (κ1) is 18.0. The van der Waals surface area contributed by atoms with Crippen molar-refractivity contribution in [2.24, 2.45) is 0 Å². The number of aromatic nitrogens is 1. The quantitative estimate of drug-likeness (QED) is 0.770. The van der Waals surface area contributed by atoms with Crippen LogP contribution in [0.5, 0.6) is 5.88 Å². The molecule has 10 heteroatoms. The van der Waals surface area contributed by atoms with Crippen LogP contribution in [0.1, 0.15) is 17.3 Å². The lowest BCUT2D eigenvalue weighted by atomic mass is 10.2. The molecule has 122 valence electrons. The van der Waals surface area contributed by atoms with E-state index in [0.717, 1.165) is 12.3 Å². The third-order valence-electron chi connectivity index (χ3n) is 2.23. The van der Waals surface area contributed by atoms with E-state index >= 15 is 0 Å². The minimum absolute atomic E-state index is 0.0622. The van der Waals surface area contributed by atoms with Gasteiger partial charge in [-0.2, -0.15) is 13.2 Å². The molecule has 0 aromatic carbocycles. The van der Waals surface area contributed by atoms with E-state index in [4.69, 9.17) is 11.6 Å². The third kappa shape index (κ3) is 6.61. The van der Waals surface area contributed by atoms with Gasteiger partial charge in [0.2, 0.25) is 11.8 Å². The first-order valence-corrected chi connectivity index (χ1v) is 6.44. The second-order valence-electron chi connectivity index (χ2n) is 4.15. The molecule has 0 spiro atoms. The highest BCUT2D eigenvalue weighted by Gasteiger charge is 2.29. The van der Waals surface area contributed by atoms with Crippen molar-refractivity contribution in [3.8, 4) is 5.88 Å². The number of rotatable bonds is 6. The van der Waals surface area contributed by atoms with Crippen molar-refractivity contribution in [1.29, 1.82) is 0 Å². The number of nitrogens with one attached hydrogen (secondary N) is 2. The second kappa shape index (κ2) is 7.83. The van der Waals surface area contributed by atoms with Crippen molar-refractivity contribution in [3.05, 3.63) is 22.8 Å². The van der Waals surface area contributed by atoms with Gasteiger partial charge >= 0.3 is 6.18 Å². The van der Waals surface area contributed by atoms with Gasteiger partial charge in [-0.15, -0.1) is 0 Å². The lowest BCUT2D eigenvalue weighted by Gasteiger charge is -2.10. The predicted octanol–water partition coefficient (Wildman–Crippen LogP) is 1.54. The number of carbonyl (C=O) groups is 2. The fourth-order valence-corrected chi connectivity index (χ4v) is 1.54. The topological polar surface area (TPSA) is 80.3 Å². The molecule has 1 rings (SSSR count). The Bertz CT molecular complexity index is 552. The number of ether oxygens (including phenoxy) is 1. The number of amides is 2. The maximum atomic E-state index is 12.0. The number of pyridine rings is 1. The van der Waals surface area contributed by atoms with Crippen LogP contribution in [0.15, 0.2) is 12.3 Å². The van der Waals surface area contributed by atoms with E-state index in [1.54, 1.807) is 0 Å². The van der Waals surface area contributed by atoms with Gasteiger partial charge in [0.05, 0.1) is 5.56 Å². The van der Waals surface area contributed by atoms with E-state index in [0.29, 0.717) is 0 Å². The molecule has 0 unspecified atom stereocenters. The average molecular weight is 340 g/mol. The summed E-state index contributed by atoms with van der Waals surface area (Å²) in [5, 5.41) is 4.76. The molecule has 6 nitrogen and oxygen atoms in total. The predicted molar refractivity (Wildman–Crippen MR) is 71.8 cm³/mol. The zero-order valence-corrected chi connectivity index (χ0v) is 12.2. The Kier molecular flexibility index (Phi) is 6.41. The average Bonchev–Trinajstić information content (AvgIpc) is 2.40. The number of hydrogen-bond donors (Lipinski definition) is 2. The first-order valence-electron chi connectivity index (χ1n) is 6.07. The van der Waals surface area contributed by atoms with Crippen LogP contribution in [0.3, 0.4) is 0 Å². The Labute approximate surface area is 129 Å². The Morgan fingerprint density at radius 3 is 2.50 bits per heavy atom. The van der Waals surface area contributed by atoms with Gasteiger partial charge in [0.15, 0.2) is 6.61 Å². The van der Waals surface area contributed by atoms with E-state index in [1.165, 1.54) is 6.92 Å². The molecule has 0 fully saturated rings. The molecule has 1 aromatic heterocycles. The van der Waals surface area contributed by atoms with Crippen LogP contribution >= 0.6 is 11.6 Å². The molecule has 0 radical (unpaired) electrons. The number of alkyl halides is 3. The summed E-state index contributed by atoms with van der Waals surface area (Å²) in [7, 11) is 0. The molecule has 2 N–H and O–H groups in total. The van der Waals surface area contributed by atoms with Crippen molar-refractivity contribution >= 4 is 23.4 Å². The standard InChI is InChI=1S/C12H13ClF3N3O3/c1-7(20)17-2-3-18-10(21)8-4-9(13)11(19-5-8)22-6-12(14,15)16/h4-5H,2-3,6H2,1H3,(H,17,20)(H,18,21). The molecular formula is C12H13ClF3N3O3. The monoisotopic (exact) mass is 339 g/mol. The van der Waals surface area contributed by atoms with Gasteiger partial charge in [0.25, 0.3) is 5.91 Å². The van der Waals surface area contributed by atoms with Crippen molar-refractivity contribution in [1.82, 2.24) is 15.6 Å². The summed E-state index contributed by atoms with van der Waals surface area (Å²) in [6.07, 6.45) is -3.46. The van der Waals surface area contributed by atoms with Crippen molar-refractivity contribution in [2.45, 2.75) is 13.1 Å². The van der Waals surface area contributed by atoms with Crippen LogP contribution in [0, 0.1) is 0 Å². The molecule has 1 heterocycles. The van der Waals surface area contributed by atoms with Crippen molar-refractivity contribution in [3.63, 3.8) is 0 Å². The molecule has 0 saturated carbocycles. The van der Waals surface area contributed by atoms with Crippen LogP contribution in [0.4, 0.5) is 13.2 Å².